The van der Waals surface area contributed by atoms with E-state index in [0.29, 0.717) is 0 Å². The summed E-state index contributed by atoms with van der Waals surface area (Å²) in [4.78, 5) is 0. The maximum absolute atomic E-state index is 12.0. The Morgan fingerprint density at radius 1 is 1.62 bits per heavy atom. The third kappa shape index (κ3) is 2.03. The van der Waals surface area contributed by atoms with Crippen molar-refractivity contribution in [3.8, 4) is 6.07 Å². The SMILES string of the molecule is CC(C#N)[Si](C)(F)F. The van der Waals surface area contributed by atoms with E-state index in [1.807, 2.05) is 0 Å². The second-order valence-electron chi connectivity index (χ2n) is 1.81. The minimum absolute atomic E-state index is 0.876. The highest BCUT2D eigenvalue weighted by molar-refractivity contribution is 6.66. The van der Waals surface area contributed by atoms with Crippen molar-refractivity contribution in [2.45, 2.75) is 19.0 Å². The molecule has 0 rings (SSSR count). The molecule has 8 heavy (non-hydrogen) atoms. The van der Waals surface area contributed by atoms with Gasteiger partial charge >= 0.3 is 8.74 Å². The van der Waals surface area contributed by atoms with Crippen LogP contribution in [0.25, 0.3) is 0 Å². The van der Waals surface area contributed by atoms with Crippen molar-refractivity contribution < 1.29 is 8.22 Å². The van der Waals surface area contributed by atoms with Gasteiger partial charge in [0.05, 0.1) is 11.6 Å². The van der Waals surface area contributed by atoms with Crippen LogP contribution in [0.4, 0.5) is 8.22 Å². The fraction of sp³-hybridized carbons (Fsp3) is 0.750. The van der Waals surface area contributed by atoms with Crippen molar-refractivity contribution in [3.05, 3.63) is 0 Å². The van der Waals surface area contributed by atoms with Crippen LogP contribution in [-0.2, 0) is 0 Å². The van der Waals surface area contributed by atoms with Crippen molar-refractivity contribution in [3.63, 3.8) is 0 Å². The molecule has 0 amide bonds. The molecule has 0 saturated carbocycles. The third-order valence-corrected chi connectivity index (χ3v) is 2.60. The summed E-state index contributed by atoms with van der Waals surface area (Å²) >= 11 is 0. The molecule has 0 spiro atoms. The number of rotatable bonds is 1. The van der Waals surface area contributed by atoms with Gasteiger partial charge in [-0.2, -0.15) is 5.26 Å². The summed E-state index contributed by atoms with van der Waals surface area (Å²) in [6.07, 6.45) is 0. The van der Waals surface area contributed by atoms with E-state index in [-0.39, 0.29) is 0 Å². The first-order valence-corrected chi connectivity index (χ1v) is 4.59. The van der Waals surface area contributed by atoms with E-state index in [1.165, 1.54) is 13.0 Å². The molecule has 0 radical (unpaired) electrons. The summed E-state index contributed by atoms with van der Waals surface area (Å²) < 4.78 is 24.1. The van der Waals surface area contributed by atoms with Gasteiger partial charge in [-0.15, -0.1) is 0 Å². The summed E-state index contributed by atoms with van der Waals surface area (Å²) in [6.45, 7) is 2.13. The van der Waals surface area contributed by atoms with E-state index in [0.717, 1.165) is 6.55 Å². The number of hydrogen-bond donors (Lipinski definition) is 0. The summed E-state index contributed by atoms with van der Waals surface area (Å²) in [5.74, 6) is 0. The second-order valence-corrected chi connectivity index (χ2v) is 4.59. The zero-order valence-electron chi connectivity index (χ0n) is 4.78. The van der Waals surface area contributed by atoms with Crippen LogP contribution in [0.2, 0.25) is 12.1 Å². The lowest BCUT2D eigenvalue weighted by molar-refractivity contribution is 0.594. The topological polar surface area (TPSA) is 23.8 Å². The Balaban J connectivity index is 3.87. The van der Waals surface area contributed by atoms with Gasteiger partial charge in [-0.25, -0.2) is 0 Å². The van der Waals surface area contributed by atoms with E-state index in [9.17, 15) is 8.22 Å². The van der Waals surface area contributed by atoms with Gasteiger partial charge in [-0.1, -0.05) is 0 Å². The molecule has 0 N–H and O–H groups in total. The third-order valence-electron chi connectivity index (χ3n) is 0.954. The molecule has 0 saturated heterocycles. The minimum Gasteiger partial charge on any atom is -0.269 e. The Bertz CT molecular complexity index is 112. The molecule has 0 fully saturated rings. The molecule has 0 aliphatic heterocycles. The summed E-state index contributed by atoms with van der Waals surface area (Å²) in [5.41, 5.74) is -1.04. The predicted octanol–water partition coefficient (Wildman–Crippen LogP) is 1.91. The number of halogens is 2. The molecule has 0 aromatic heterocycles. The molecule has 0 heterocycles. The van der Waals surface area contributed by atoms with Crippen LogP contribution in [0, 0.1) is 11.3 Å². The van der Waals surface area contributed by atoms with Crippen LogP contribution >= 0.6 is 0 Å². The summed E-state index contributed by atoms with van der Waals surface area (Å²) in [7, 11) is -4.12. The lowest BCUT2D eigenvalue weighted by atomic mass is 10.5. The van der Waals surface area contributed by atoms with Gasteiger partial charge in [-0.05, 0) is 13.5 Å². The highest BCUT2D eigenvalue weighted by Gasteiger charge is 2.35. The molecule has 1 unspecified atom stereocenters. The van der Waals surface area contributed by atoms with Crippen molar-refractivity contribution >= 4 is 8.74 Å². The molecule has 0 aliphatic rings. The maximum Gasteiger partial charge on any atom is 0.438 e. The first kappa shape index (κ1) is 7.57. The molecule has 1 atom stereocenters. The fourth-order valence-corrected chi connectivity index (χ4v) is 0.340. The van der Waals surface area contributed by atoms with E-state index >= 15 is 0 Å². The van der Waals surface area contributed by atoms with Gasteiger partial charge in [0.1, 0.15) is 0 Å². The molecular weight excluding hydrogens is 128 g/mol. The first-order chi connectivity index (χ1) is 3.48. The minimum atomic E-state index is -4.12. The molecular formula is C4H7F2NSi. The first-order valence-electron chi connectivity index (χ1n) is 2.26. The summed E-state index contributed by atoms with van der Waals surface area (Å²) in [5, 5.41) is 7.98. The van der Waals surface area contributed by atoms with Gasteiger partial charge in [0.2, 0.25) is 0 Å². The average molecular weight is 135 g/mol. The zero-order valence-corrected chi connectivity index (χ0v) is 5.78. The van der Waals surface area contributed by atoms with Gasteiger partial charge in [0.15, 0.2) is 0 Å². The lowest BCUT2D eigenvalue weighted by Gasteiger charge is -2.05. The standard InChI is InChI=1S/C4H7F2NSi/c1-4(3-7)8(2,5)6/h4H,1-2H3. The maximum atomic E-state index is 12.0. The van der Waals surface area contributed by atoms with Gasteiger partial charge in [0, 0.05) is 0 Å². The fourth-order valence-electron chi connectivity index (χ4n) is 0.113. The number of nitrogens with zero attached hydrogens (tertiary/aromatic N) is 1. The monoisotopic (exact) mass is 135 g/mol. The van der Waals surface area contributed by atoms with Crippen LogP contribution < -0.4 is 0 Å². The largest absolute Gasteiger partial charge is 0.438 e. The van der Waals surface area contributed by atoms with Gasteiger partial charge in [-0.3, -0.25) is 8.22 Å². The Labute approximate surface area is 48.3 Å². The van der Waals surface area contributed by atoms with Crippen LogP contribution in [0.3, 0.4) is 0 Å². The quantitative estimate of drug-likeness (QED) is 0.398. The van der Waals surface area contributed by atoms with Crippen molar-refractivity contribution in [2.75, 3.05) is 0 Å². The highest BCUT2D eigenvalue weighted by Crippen LogP contribution is 2.21. The predicted molar refractivity (Wildman–Crippen MR) is 28.9 cm³/mol. The molecule has 0 aliphatic carbocycles. The van der Waals surface area contributed by atoms with E-state index in [4.69, 9.17) is 5.26 Å². The Morgan fingerprint density at radius 3 is 2.00 bits per heavy atom. The van der Waals surface area contributed by atoms with E-state index in [1.54, 1.807) is 0 Å². The normalized spacial score (nSPS) is 14.9. The van der Waals surface area contributed by atoms with Crippen LogP contribution in [0.1, 0.15) is 6.92 Å². The van der Waals surface area contributed by atoms with E-state index in [2.05, 4.69) is 0 Å². The molecule has 46 valence electrons. The van der Waals surface area contributed by atoms with Gasteiger partial charge < -0.3 is 0 Å². The van der Waals surface area contributed by atoms with Crippen molar-refractivity contribution in [1.82, 2.24) is 0 Å². The number of nitriles is 1. The smallest absolute Gasteiger partial charge is 0.269 e. The second kappa shape index (κ2) is 2.22. The average Bonchev–Trinajstić information content (AvgIpc) is 1.62. The van der Waals surface area contributed by atoms with Crippen LogP contribution in [-0.4, -0.2) is 8.74 Å². The Hall–Kier alpha value is -0.433. The Morgan fingerprint density at radius 2 is 2.00 bits per heavy atom. The van der Waals surface area contributed by atoms with Gasteiger partial charge in [0.25, 0.3) is 0 Å². The van der Waals surface area contributed by atoms with Crippen LogP contribution in [0.15, 0.2) is 0 Å². The molecule has 0 aromatic carbocycles. The number of hydrogen-bond acceptors (Lipinski definition) is 1. The molecule has 0 aromatic rings. The van der Waals surface area contributed by atoms with E-state index < -0.39 is 14.3 Å². The van der Waals surface area contributed by atoms with Crippen LogP contribution in [0.5, 0.6) is 0 Å². The summed E-state index contributed by atoms with van der Waals surface area (Å²) in [6, 6.07) is 1.52. The molecule has 0 bridgehead atoms. The zero-order chi connectivity index (χ0) is 6.78. The highest BCUT2D eigenvalue weighted by atomic mass is 28.4. The van der Waals surface area contributed by atoms with Crippen molar-refractivity contribution in [2.24, 2.45) is 0 Å². The molecule has 4 heteroatoms. The molecule has 1 nitrogen and oxygen atoms in total. The lowest BCUT2D eigenvalue weighted by Crippen LogP contribution is -2.21. The Kier molecular flexibility index (Phi) is 2.10. The van der Waals surface area contributed by atoms with Crippen molar-refractivity contribution in [1.29, 1.82) is 5.26 Å².